The largest absolute Gasteiger partial charge is 0.462 e. The van der Waals surface area contributed by atoms with E-state index in [0.29, 0.717) is 18.6 Å². The third-order valence-corrected chi connectivity index (χ3v) is 4.71. The molecule has 0 fully saturated rings. The minimum absolute atomic E-state index is 0.100. The van der Waals surface area contributed by atoms with Crippen LogP contribution in [0.25, 0.3) is 0 Å². The van der Waals surface area contributed by atoms with Crippen molar-refractivity contribution in [1.29, 1.82) is 0 Å². The molecular formula is C22H18ClNO3. The molecule has 2 aromatic rings. The van der Waals surface area contributed by atoms with Gasteiger partial charge in [-0.05, 0) is 37.3 Å². The van der Waals surface area contributed by atoms with Crippen molar-refractivity contribution in [3.63, 3.8) is 0 Å². The highest BCUT2D eigenvalue weighted by molar-refractivity contribution is 6.22. The van der Waals surface area contributed by atoms with E-state index in [0.717, 1.165) is 34.0 Å². The Morgan fingerprint density at radius 3 is 2.78 bits per heavy atom. The fourth-order valence-electron chi connectivity index (χ4n) is 3.10. The summed E-state index contributed by atoms with van der Waals surface area (Å²) in [6.07, 6.45) is 4.42. The monoisotopic (exact) mass is 379 g/mol. The number of alkyl halides is 1. The molecule has 1 unspecified atom stereocenters. The van der Waals surface area contributed by atoms with Gasteiger partial charge < -0.3 is 9.47 Å². The summed E-state index contributed by atoms with van der Waals surface area (Å²) in [6.45, 7) is 2.14. The molecule has 4 nitrogen and oxygen atoms in total. The number of ether oxygens (including phenoxy) is 2. The highest BCUT2D eigenvalue weighted by Gasteiger charge is 2.24. The SMILES string of the molecule is CCOC(=O)c1ccc(C2=NC3=C(CC(Cl)C=C3)Oc3ccccc32)cc1. The second kappa shape index (κ2) is 7.41. The molecule has 0 radical (unpaired) electrons. The number of allylic oxidation sites excluding steroid dienone is 3. The molecular weight excluding hydrogens is 362 g/mol. The smallest absolute Gasteiger partial charge is 0.338 e. The Kier molecular flexibility index (Phi) is 4.82. The molecule has 0 saturated carbocycles. The highest BCUT2D eigenvalue weighted by Crippen LogP contribution is 2.34. The Balaban J connectivity index is 1.78. The number of rotatable bonds is 3. The van der Waals surface area contributed by atoms with Gasteiger partial charge in [0.2, 0.25) is 0 Å². The van der Waals surface area contributed by atoms with Gasteiger partial charge in [-0.3, -0.25) is 0 Å². The van der Waals surface area contributed by atoms with E-state index in [9.17, 15) is 4.79 Å². The van der Waals surface area contributed by atoms with Gasteiger partial charge in [0.25, 0.3) is 0 Å². The predicted octanol–water partition coefficient (Wildman–Crippen LogP) is 4.87. The summed E-state index contributed by atoms with van der Waals surface area (Å²) in [5.41, 5.74) is 3.88. The first-order valence-electron chi connectivity index (χ1n) is 8.84. The number of carbonyl (C=O) groups excluding carboxylic acids is 1. The molecule has 0 spiro atoms. The molecule has 5 heteroatoms. The minimum Gasteiger partial charge on any atom is -0.462 e. The van der Waals surface area contributed by atoms with Crippen LogP contribution in [0.2, 0.25) is 0 Å². The summed E-state index contributed by atoms with van der Waals surface area (Å²) in [6, 6.07) is 15.1. The van der Waals surface area contributed by atoms with Gasteiger partial charge in [-0.2, -0.15) is 0 Å². The molecule has 27 heavy (non-hydrogen) atoms. The molecule has 0 aromatic heterocycles. The van der Waals surface area contributed by atoms with E-state index >= 15 is 0 Å². The van der Waals surface area contributed by atoms with Crippen molar-refractivity contribution in [3.8, 4) is 5.75 Å². The van der Waals surface area contributed by atoms with Gasteiger partial charge in [-0.25, -0.2) is 9.79 Å². The predicted molar refractivity (Wildman–Crippen MR) is 106 cm³/mol. The molecule has 0 amide bonds. The zero-order chi connectivity index (χ0) is 18.8. The zero-order valence-electron chi connectivity index (χ0n) is 14.8. The van der Waals surface area contributed by atoms with Gasteiger partial charge in [0, 0.05) is 17.5 Å². The fourth-order valence-corrected chi connectivity index (χ4v) is 3.31. The van der Waals surface area contributed by atoms with Gasteiger partial charge in [0.05, 0.1) is 23.3 Å². The standard InChI is InChI=1S/C22H18ClNO3/c1-2-26-22(25)15-9-7-14(8-10-15)21-17-5-3-4-6-19(17)27-20-13-16(23)11-12-18(20)24-21/h3-12,16H,2,13H2,1H3. The van der Waals surface area contributed by atoms with Crippen LogP contribution in [0.4, 0.5) is 0 Å². The van der Waals surface area contributed by atoms with Crippen LogP contribution < -0.4 is 4.74 Å². The van der Waals surface area contributed by atoms with Crippen LogP contribution in [0.5, 0.6) is 5.75 Å². The maximum absolute atomic E-state index is 11.9. The molecule has 1 aliphatic carbocycles. The summed E-state index contributed by atoms with van der Waals surface area (Å²) < 4.78 is 11.2. The van der Waals surface area contributed by atoms with Crippen LogP contribution >= 0.6 is 11.6 Å². The number of para-hydroxylation sites is 1. The van der Waals surface area contributed by atoms with E-state index in [4.69, 9.17) is 26.1 Å². The topological polar surface area (TPSA) is 47.9 Å². The molecule has 1 atom stereocenters. The summed E-state index contributed by atoms with van der Waals surface area (Å²) >= 11 is 6.25. The number of carbonyl (C=O) groups is 1. The maximum atomic E-state index is 11.9. The first kappa shape index (κ1) is 17.6. The Bertz CT molecular complexity index is 973. The molecule has 1 aliphatic heterocycles. The van der Waals surface area contributed by atoms with Crippen molar-refractivity contribution in [2.45, 2.75) is 18.7 Å². The summed E-state index contributed by atoms with van der Waals surface area (Å²) in [7, 11) is 0. The Hall–Kier alpha value is -2.85. The third kappa shape index (κ3) is 3.53. The van der Waals surface area contributed by atoms with Crippen LogP contribution in [0, 0.1) is 0 Å². The first-order chi connectivity index (χ1) is 13.2. The van der Waals surface area contributed by atoms with Crippen molar-refractivity contribution >= 4 is 23.3 Å². The zero-order valence-corrected chi connectivity index (χ0v) is 15.6. The molecule has 0 saturated heterocycles. The first-order valence-corrected chi connectivity index (χ1v) is 9.28. The second-order valence-corrected chi connectivity index (χ2v) is 6.80. The number of nitrogens with zero attached hydrogens (tertiary/aromatic N) is 1. The summed E-state index contributed by atoms with van der Waals surface area (Å²) in [5.74, 6) is 1.18. The third-order valence-electron chi connectivity index (χ3n) is 4.41. The van der Waals surface area contributed by atoms with Crippen LogP contribution in [0.3, 0.4) is 0 Å². The van der Waals surface area contributed by atoms with E-state index in [-0.39, 0.29) is 11.3 Å². The van der Waals surface area contributed by atoms with Crippen LogP contribution in [0.15, 0.2) is 77.1 Å². The van der Waals surface area contributed by atoms with Crippen molar-refractivity contribution in [2.75, 3.05) is 6.61 Å². The van der Waals surface area contributed by atoms with Gasteiger partial charge in [0.1, 0.15) is 17.2 Å². The number of benzene rings is 2. The quantitative estimate of drug-likeness (QED) is 0.564. The van der Waals surface area contributed by atoms with Gasteiger partial charge in [-0.1, -0.05) is 30.3 Å². The van der Waals surface area contributed by atoms with Crippen molar-refractivity contribution in [1.82, 2.24) is 0 Å². The average Bonchev–Trinajstić information content (AvgIpc) is 2.84. The van der Waals surface area contributed by atoms with Crippen LogP contribution in [-0.2, 0) is 4.74 Å². The number of esters is 1. The number of fused-ring (bicyclic) bond motifs is 1. The van der Waals surface area contributed by atoms with Gasteiger partial charge in [0.15, 0.2) is 0 Å². The molecule has 4 rings (SSSR count). The molecule has 2 aromatic carbocycles. The van der Waals surface area contributed by atoms with Crippen molar-refractivity contribution in [2.24, 2.45) is 4.99 Å². The van der Waals surface area contributed by atoms with Gasteiger partial charge >= 0.3 is 5.97 Å². The lowest BCUT2D eigenvalue weighted by molar-refractivity contribution is 0.0526. The minimum atomic E-state index is -0.330. The van der Waals surface area contributed by atoms with Crippen LogP contribution in [0.1, 0.15) is 34.8 Å². The maximum Gasteiger partial charge on any atom is 0.338 e. The highest BCUT2D eigenvalue weighted by atomic mass is 35.5. The Morgan fingerprint density at radius 1 is 1.22 bits per heavy atom. The van der Waals surface area contributed by atoms with E-state index in [2.05, 4.69) is 0 Å². The van der Waals surface area contributed by atoms with Crippen molar-refractivity contribution < 1.29 is 14.3 Å². The van der Waals surface area contributed by atoms with E-state index in [1.807, 2.05) is 48.6 Å². The molecule has 136 valence electrons. The molecule has 1 heterocycles. The molecule has 0 bridgehead atoms. The number of hydrogen-bond acceptors (Lipinski definition) is 4. The van der Waals surface area contributed by atoms with Crippen LogP contribution in [-0.4, -0.2) is 23.7 Å². The average molecular weight is 380 g/mol. The number of aliphatic imine (C=N–C) groups is 1. The molecule has 2 aliphatic rings. The normalized spacial score (nSPS) is 18.0. The lowest BCUT2D eigenvalue weighted by Gasteiger charge is -2.16. The Morgan fingerprint density at radius 2 is 2.00 bits per heavy atom. The fraction of sp³-hybridized carbons (Fsp3) is 0.182. The van der Waals surface area contributed by atoms with Crippen molar-refractivity contribution in [3.05, 3.63) is 88.8 Å². The van der Waals surface area contributed by atoms with Gasteiger partial charge in [-0.15, -0.1) is 11.6 Å². The summed E-state index contributed by atoms with van der Waals surface area (Å²) in [4.78, 5) is 16.8. The molecule has 0 N–H and O–H groups in total. The second-order valence-electron chi connectivity index (χ2n) is 6.24. The Labute approximate surface area is 162 Å². The lowest BCUT2D eigenvalue weighted by atomic mass is 10.00. The summed E-state index contributed by atoms with van der Waals surface area (Å²) in [5, 5.41) is -0.100. The van der Waals surface area contributed by atoms with E-state index in [1.165, 1.54) is 0 Å². The lowest BCUT2D eigenvalue weighted by Crippen LogP contribution is -2.08. The van der Waals surface area contributed by atoms with E-state index in [1.54, 1.807) is 19.1 Å². The number of halogens is 1. The van der Waals surface area contributed by atoms with E-state index < -0.39 is 0 Å². The number of hydrogen-bond donors (Lipinski definition) is 0.